The Morgan fingerprint density at radius 3 is 1.61 bits per heavy atom. The van der Waals surface area contributed by atoms with Gasteiger partial charge in [0.05, 0.1) is 6.61 Å². The molecule has 0 bridgehead atoms. The SMILES string of the molecule is CCCCCCCCCCCCOS(=O)(=O)[O-].[Al+3]. The molecule has 0 aromatic carbocycles. The van der Waals surface area contributed by atoms with Crippen LogP contribution in [0.3, 0.4) is 0 Å². The summed E-state index contributed by atoms with van der Waals surface area (Å²) in [5.74, 6) is 0. The molecule has 0 spiro atoms. The topological polar surface area (TPSA) is 66.4 Å². The summed E-state index contributed by atoms with van der Waals surface area (Å²) in [4.78, 5) is 0. The van der Waals surface area contributed by atoms with Crippen molar-refractivity contribution in [1.82, 2.24) is 0 Å². The van der Waals surface area contributed by atoms with Gasteiger partial charge in [-0.2, -0.15) is 0 Å². The van der Waals surface area contributed by atoms with E-state index < -0.39 is 10.4 Å². The molecule has 6 heteroatoms. The average molecular weight is 292 g/mol. The Balaban J connectivity index is 0. The van der Waals surface area contributed by atoms with Crippen LogP contribution < -0.4 is 0 Å². The van der Waals surface area contributed by atoms with Crippen molar-refractivity contribution in [1.29, 1.82) is 0 Å². The van der Waals surface area contributed by atoms with Crippen LogP contribution >= 0.6 is 0 Å². The van der Waals surface area contributed by atoms with Gasteiger partial charge in [-0.3, -0.25) is 4.18 Å². The first-order valence-corrected chi connectivity index (χ1v) is 8.00. The van der Waals surface area contributed by atoms with Gasteiger partial charge < -0.3 is 4.55 Å². The first-order valence-electron chi connectivity index (χ1n) is 6.66. The minimum atomic E-state index is -4.48. The summed E-state index contributed by atoms with van der Waals surface area (Å²) >= 11 is 0. The molecule has 4 nitrogen and oxygen atoms in total. The van der Waals surface area contributed by atoms with Crippen molar-refractivity contribution in [2.24, 2.45) is 0 Å². The quantitative estimate of drug-likeness (QED) is 0.240. The van der Waals surface area contributed by atoms with Gasteiger partial charge in [-0.1, -0.05) is 64.7 Å². The molecule has 0 N–H and O–H groups in total. The predicted molar refractivity (Wildman–Crippen MR) is 73.2 cm³/mol. The van der Waals surface area contributed by atoms with E-state index in [1.807, 2.05) is 0 Å². The summed E-state index contributed by atoms with van der Waals surface area (Å²) in [6.45, 7) is 2.24. The van der Waals surface area contributed by atoms with Gasteiger partial charge >= 0.3 is 17.4 Å². The van der Waals surface area contributed by atoms with Crippen LogP contribution in [0, 0.1) is 0 Å². The van der Waals surface area contributed by atoms with Crippen LogP contribution in [0.5, 0.6) is 0 Å². The second kappa shape index (κ2) is 13.8. The number of rotatable bonds is 12. The summed E-state index contributed by atoms with van der Waals surface area (Å²) in [6.07, 6.45) is 11.7. The van der Waals surface area contributed by atoms with E-state index in [0.717, 1.165) is 12.8 Å². The minimum absolute atomic E-state index is 0. The van der Waals surface area contributed by atoms with Gasteiger partial charge in [0.2, 0.25) is 10.4 Å². The minimum Gasteiger partial charge on any atom is -0.726 e. The third-order valence-electron chi connectivity index (χ3n) is 2.73. The summed E-state index contributed by atoms with van der Waals surface area (Å²) < 4.78 is 34.5. The van der Waals surface area contributed by atoms with Crippen LogP contribution in [-0.2, 0) is 14.6 Å². The zero-order valence-corrected chi connectivity index (χ0v) is 13.4. The van der Waals surface area contributed by atoms with Gasteiger partial charge in [-0.25, -0.2) is 8.42 Å². The molecule has 0 radical (unpaired) electrons. The van der Waals surface area contributed by atoms with E-state index in [1.54, 1.807) is 0 Å². The van der Waals surface area contributed by atoms with Crippen LogP contribution in [0.25, 0.3) is 0 Å². The fraction of sp³-hybridized carbons (Fsp3) is 1.00. The first kappa shape index (κ1) is 20.7. The van der Waals surface area contributed by atoms with Gasteiger partial charge in [0.25, 0.3) is 0 Å². The zero-order chi connectivity index (χ0) is 13.0. The monoisotopic (exact) mass is 292 g/mol. The Kier molecular flexibility index (Phi) is 15.9. The number of unbranched alkanes of at least 4 members (excludes halogenated alkanes) is 9. The second-order valence-electron chi connectivity index (χ2n) is 4.41. The van der Waals surface area contributed by atoms with E-state index in [1.165, 1.54) is 44.9 Å². The molecular weight excluding hydrogens is 267 g/mol. The summed E-state index contributed by atoms with van der Waals surface area (Å²) in [6, 6.07) is 0. The molecule has 0 atom stereocenters. The van der Waals surface area contributed by atoms with Crippen molar-refractivity contribution in [3.05, 3.63) is 0 Å². The van der Waals surface area contributed by atoms with Crippen LogP contribution in [0.4, 0.5) is 0 Å². The third-order valence-corrected chi connectivity index (χ3v) is 3.18. The van der Waals surface area contributed by atoms with E-state index >= 15 is 0 Å². The van der Waals surface area contributed by atoms with E-state index in [2.05, 4.69) is 11.1 Å². The fourth-order valence-corrected chi connectivity index (χ4v) is 2.07. The zero-order valence-electron chi connectivity index (χ0n) is 11.4. The van der Waals surface area contributed by atoms with Crippen molar-refractivity contribution in [3.8, 4) is 0 Å². The molecule has 0 aromatic rings. The van der Waals surface area contributed by atoms with Gasteiger partial charge in [0.1, 0.15) is 0 Å². The maximum absolute atomic E-state index is 10.1. The second-order valence-corrected chi connectivity index (χ2v) is 5.46. The molecule has 0 saturated carbocycles. The third kappa shape index (κ3) is 18.8. The number of hydrogen-bond acceptors (Lipinski definition) is 4. The molecule has 0 aliphatic carbocycles. The smallest absolute Gasteiger partial charge is 0.726 e. The molecule has 0 unspecified atom stereocenters. The Hall–Kier alpha value is 0.402. The molecule has 0 heterocycles. The van der Waals surface area contributed by atoms with Crippen LogP contribution in [0.15, 0.2) is 0 Å². The van der Waals surface area contributed by atoms with Crippen LogP contribution in [-0.4, -0.2) is 36.9 Å². The number of hydrogen-bond donors (Lipinski definition) is 0. The molecule has 104 valence electrons. The normalized spacial score (nSPS) is 11.2. The molecule has 0 rings (SSSR count). The van der Waals surface area contributed by atoms with Crippen molar-refractivity contribution in [2.75, 3.05) is 6.61 Å². The molecule has 0 aliphatic rings. The van der Waals surface area contributed by atoms with Crippen molar-refractivity contribution >= 4 is 27.8 Å². The summed E-state index contributed by atoms with van der Waals surface area (Å²) in [5, 5.41) is 0. The Morgan fingerprint density at radius 1 is 0.833 bits per heavy atom. The Bertz CT molecular complexity index is 255. The van der Waals surface area contributed by atoms with Crippen molar-refractivity contribution in [2.45, 2.75) is 71.1 Å². The average Bonchev–Trinajstić information content (AvgIpc) is 2.24. The van der Waals surface area contributed by atoms with E-state index in [0.29, 0.717) is 6.42 Å². The van der Waals surface area contributed by atoms with Crippen molar-refractivity contribution < 1.29 is 17.2 Å². The molecule has 0 saturated heterocycles. The standard InChI is InChI=1S/C12H26O4S.Al/c1-2-3-4-5-6-7-8-9-10-11-12-16-17(13,14)15;/h2-12H2,1H3,(H,13,14,15);/q;+3/p-1. The Labute approximate surface area is 123 Å². The van der Waals surface area contributed by atoms with E-state index in [-0.39, 0.29) is 24.0 Å². The van der Waals surface area contributed by atoms with Crippen molar-refractivity contribution in [3.63, 3.8) is 0 Å². The first-order chi connectivity index (χ1) is 8.06. The molecule has 0 fully saturated rings. The molecular formula is C12H25AlO4S+2. The summed E-state index contributed by atoms with van der Waals surface area (Å²) in [5.41, 5.74) is 0. The maximum atomic E-state index is 10.1. The van der Waals surface area contributed by atoms with Gasteiger partial charge in [0.15, 0.2) is 0 Å². The predicted octanol–water partition coefficient (Wildman–Crippen LogP) is 3.00. The van der Waals surface area contributed by atoms with Gasteiger partial charge in [0, 0.05) is 0 Å². The summed E-state index contributed by atoms with van der Waals surface area (Å²) in [7, 11) is -4.48. The Morgan fingerprint density at radius 2 is 1.22 bits per heavy atom. The van der Waals surface area contributed by atoms with Crippen LogP contribution in [0.2, 0.25) is 0 Å². The van der Waals surface area contributed by atoms with Crippen LogP contribution in [0.1, 0.15) is 71.1 Å². The van der Waals surface area contributed by atoms with Gasteiger partial charge in [-0.05, 0) is 6.42 Å². The molecule has 0 amide bonds. The molecule has 18 heavy (non-hydrogen) atoms. The van der Waals surface area contributed by atoms with E-state index in [9.17, 15) is 13.0 Å². The fourth-order valence-electron chi connectivity index (χ4n) is 1.75. The van der Waals surface area contributed by atoms with Gasteiger partial charge in [-0.15, -0.1) is 0 Å². The molecule has 0 aliphatic heterocycles. The molecule has 0 aromatic heterocycles. The van der Waals surface area contributed by atoms with E-state index in [4.69, 9.17) is 0 Å². The maximum Gasteiger partial charge on any atom is 3.00 e. The largest absolute Gasteiger partial charge is 3.00 e.